The van der Waals surface area contributed by atoms with E-state index in [1.807, 2.05) is 23.7 Å². The Morgan fingerprint density at radius 3 is 2.95 bits per heavy atom. The van der Waals surface area contributed by atoms with Crippen LogP contribution in [0.4, 0.5) is 5.82 Å². The molecule has 0 radical (unpaired) electrons. The second-order valence-corrected chi connectivity index (χ2v) is 4.89. The number of aryl methyl sites for hydroxylation is 1. The summed E-state index contributed by atoms with van der Waals surface area (Å²) >= 11 is 3.38. The molecule has 0 aliphatic heterocycles. The molecule has 0 unspecified atom stereocenters. The first-order valence-electron chi connectivity index (χ1n) is 5.73. The van der Waals surface area contributed by atoms with Gasteiger partial charge in [0.25, 0.3) is 0 Å². The first-order valence-corrected chi connectivity index (χ1v) is 6.52. The van der Waals surface area contributed by atoms with Crippen molar-refractivity contribution in [1.29, 1.82) is 0 Å². The molecule has 0 fully saturated rings. The molecule has 0 bridgehead atoms. The molecular weight excluding hydrogens is 308 g/mol. The summed E-state index contributed by atoms with van der Waals surface area (Å²) in [5.41, 5.74) is 2.54. The largest absolute Gasteiger partial charge is 0.361 e. The predicted octanol–water partition coefficient (Wildman–Crippen LogP) is 2.20. The van der Waals surface area contributed by atoms with E-state index in [1.165, 1.54) is 0 Å². The lowest BCUT2D eigenvalue weighted by molar-refractivity contribution is 0.969. The van der Waals surface area contributed by atoms with Gasteiger partial charge in [-0.3, -0.25) is 9.97 Å². The monoisotopic (exact) mass is 318 g/mol. The normalized spacial score (nSPS) is 10.8. The molecule has 0 amide bonds. The molecule has 96 valence electrons. The molecule has 0 saturated carbocycles. The van der Waals surface area contributed by atoms with Crippen LogP contribution in [-0.2, 0) is 6.54 Å². The second-order valence-electron chi connectivity index (χ2n) is 4.07. The van der Waals surface area contributed by atoms with Crippen LogP contribution >= 0.6 is 15.9 Å². The highest BCUT2D eigenvalue weighted by atomic mass is 79.9. The number of nitrogens with zero attached hydrogens (tertiary/aromatic N) is 5. The number of hydrogen-bond acceptors (Lipinski definition) is 5. The van der Waals surface area contributed by atoms with E-state index in [1.54, 1.807) is 18.6 Å². The summed E-state index contributed by atoms with van der Waals surface area (Å²) < 4.78 is 2.65. The molecule has 3 rings (SSSR count). The van der Waals surface area contributed by atoms with E-state index in [2.05, 4.69) is 41.2 Å². The average Bonchev–Trinajstić information content (AvgIpc) is 2.85. The Hall–Kier alpha value is -2.02. The van der Waals surface area contributed by atoms with Gasteiger partial charge in [0, 0.05) is 24.8 Å². The summed E-state index contributed by atoms with van der Waals surface area (Å²) in [6, 6.07) is 0. The fourth-order valence-corrected chi connectivity index (χ4v) is 2.10. The van der Waals surface area contributed by atoms with Crippen LogP contribution in [0.25, 0.3) is 5.65 Å². The number of nitrogens with one attached hydrogen (secondary N) is 1. The molecule has 3 heterocycles. The number of halogens is 1. The van der Waals surface area contributed by atoms with Crippen molar-refractivity contribution in [3.05, 3.63) is 47.0 Å². The summed E-state index contributed by atoms with van der Waals surface area (Å²) in [6.45, 7) is 2.47. The molecule has 3 aromatic heterocycles. The maximum Gasteiger partial charge on any atom is 0.180 e. The highest BCUT2D eigenvalue weighted by Crippen LogP contribution is 2.17. The molecule has 0 spiro atoms. The van der Waals surface area contributed by atoms with Crippen molar-refractivity contribution in [1.82, 2.24) is 24.3 Å². The first kappa shape index (κ1) is 12.0. The van der Waals surface area contributed by atoms with Gasteiger partial charge in [0.05, 0.1) is 24.1 Å². The van der Waals surface area contributed by atoms with Crippen LogP contribution in [0.1, 0.15) is 11.4 Å². The Labute approximate surface area is 118 Å². The molecule has 19 heavy (non-hydrogen) atoms. The Kier molecular flexibility index (Phi) is 3.12. The highest BCUT2D eigenvalue weighted by molar-refractivity contribution is 9.10. The number of rotatable bonds is 3. The van der Waals surface area contributed by atoms with Gasteiger partial charge in [-0.15, -0.1) is 0 Å². The van der Waals surface area contributed by atoms with Crippen molar-refractivity contribution < 1.29 is 0 Å². The van der Waals surface area contributed by atoms with Crippen LogP contribution < -0.4 is 5.32 Å². The third-order valence-electron chi connectivity index (χ3n) is 2.62. The molecular formula is C12H11BrN6. The predicted molar refractivity (Wildman–Crippen MR) is 74.8 cm³/mol. The molecule has 0 saturated heterocycles. The van der Waals surface area contributed by atoms with E-state index in [0.717, 1.165) is 21.6 Å². The van der Waals surface area contributed by atoms with Gasteiger partial charge in [-0.05, 0) is 22.9 Å². The van der Waals surface area contributed by atoms with Gasteiger partial charge in [0.15, 0.2) is 11.5 Å². The van der Waals surface area contributed by atoms with E-state index >= 15 is 0 Å². The highest BCUT2D eigenvalue weighted by Gasteiger charge is 2.06. The lowest BCUT2D eigenvalue weighted by Crippen LogP contribution is -2.06. The topological polar surface area (TPSA) is 68.0 Å². The number of hydrogen-bond donors (Lipinski definition) is 1. The lowest BCUT2D eigenvalue weighted by atomic mass is 10.4. The molecule has 0 aromatic carbocycles. The zero-order valence-electron chi connectivity index (χ0n) is 10.2. The van der Waals surface area contributed by atoms with Crippen molar-refractivity contribution >= 4 is 27.4 Å². The van der Waals surface area contributed by atoms with Crippen LogP contribution in [0.5, 0.6) is 0 Å². The maximum atomic E-state index is 4.38. The molecule has 6 nitrogen and oxygen atoms in total. The molecule has 0 aliphatic carbocycles. The summed E-state index contributed by atoms with van der Waals surface area (Å²) in [7, 11) is 0. The second kappa shape index (κ2) is 4.93. The van der Waals surface area contributed by atoms with Crippen LogP contribution in [-0.4, -0.2) is 24.3 Å². The van der Waals surface area contributed by atoms with E-state index < -0.39 is 0 Å². The minimum atomic E-state index is 0.555. The van der Waals surface area contributed by atoms with Gasteiger partial charge in [-0.25, -0.2) is 9.97 Å². The number of fused-ring (bicyclic) bond motifs is 1. The first-order chi connectivity index (χ1) is 9.22. The van der Waals surface area contributed by atoms with Gasteiger partial charge < -0.3 is 9.72 Å². The fourth-order valence-electron chi connectivity index (χ4n) is 1.70. The Morgan fingerprint density at radius 1 is 1.26 bits per heavy atom. The van der Waals surface area contributed by atoms with Crippen molar-refractivity contribution in [2.75, 3.05) is 5.32 Å². The maximum absolute atomic E-state index is 4.38. The Bertz CT molecular complexity index is 706. The van der Waals surface area contributed by atoms with E-state index in [4.69, 9.17) is 0 Å². The van der Waals surface area contributed by atoms with Gasteiger partial charge >= 0.3 is 0 Å². The van der Waals surface area contributed by atoms with Crippen LogP contribution in [0, 0.1) is 6.92 Å². The zero-order chi connectivity index (χ0) is 13.2. The van der Waals surface area contributed by atoms with Gasteiger partial charge in [0.1, 0.15) is 4.60 Å². The molecule has 3 aromatic rings. The smallest absolute Gasteiger partial charge is 0.180 e. The SMILES string of the molecule is Cc1cnc(CNc2nc(Br)cn3ccnc23)cn1. The van der Waals surface area contributed by atoms with E-state index in [-0.39, 0.29) is 0 Å². The van der Waals surface area contributed by atoms with E-state index in [9.17, 15) is 0 Å². The molecule has 0 aliphatic rings. The number of aromatic nitrogens is 5. The van der Waals surface area contributed by atoms with Crippen molar-refractivity contribution in [3.8, 4) is 0 Å². The summed E-state index contributed by atoms with van der Waals surface area (Å²) in [5, 5.41) is 3.22. The van der Waals surface area contributed by atoms with Gasteiger partial charge in [0.2, 0.25) is 0 Å². The number of imidazole rings is 1. The molecule has 1 N–H and O–H groups in total. The quantitative estimate of drug-likeness (QED) is 0.801. The fraction of sp³-hybridized carbons (Fsp3) is 0.167. The van der Waals surface area contributed by atoms with Gasteiger partial charge in [-0.1, -0.05) is 0 Å². The third-order valence-corrected chi connectivity index (χ3v) is 3.00. The van der Waals surface area contributed by atoms with Crippen molar-refractivity contribution in [3.63, 3.8) is 0 Å². The lowest BCUT2D eigenvalue weighted by Gasteiger charge is -2.07. The standard InChI is InChI=1S/C12H11BrN6/c1-8-4-16-9(5-15-8)6-17-11-12-14-2-3-19(12)7-10(13)18-11/h2-5,7H,6H2,1H3,(H,17,18). The van der Waals surface area contributed by atoms with Crippen LogP contribution in [0.15, 0.2) is 35.6 Å². The summed E-state index contributed by atoms with van der Waals surface area (Å²) in [4.78, 5) is 17.1. The summed E-state index contributed by atoms with van der Waals surface area (Å²) in [5.74, 6) is 0.710. The van der Waals surface area contributed by atoms with E-state index in [0.29, 0.717) is 12.4 Å². The molecule has 0 atom stereocenters. The number of anilines is 1. The zero-order valence-corrected chi connectivity index (χ0v) is 11.8. The Morgan fingerprint density at radius 2 is 2.16 bits per heavy atom. The Balaban J connectivity index is 1.85. The molecule has 7 heteroatoms. The summed E-state index contributed by atoms with van der Waals surface area (Å²) in [6.07, 6.45) is 8.97. The van der Waals surface area contributed by atoms with Crippen LogP contribution in [0.3, 0.4) is 0 Å². The van der Waals surface area contributed by atoms with Crippen LogP contribution in [0.2, 0.25) is 0 Å². The minimum Gasteiger partial charge on any atom is -0.361 e. The minimum absolute atomic E-state index is 0.555. The van der Waals surface area contributed by atoms with Gasteiger partial charge in [-0.2, -0.15) is 0 Å². The van der Waals surface area contributed by atoms with Crippen molar-refractivity contribution in [2.45, 2.75) is 13.5 Å². The average molecular weight is 319 g/mol. The third kappa shape index (κ3) is 2.55. The van der Waals surface area contributed by atoms with Crippen molar-refractivity contribution in [2.24, 2.45) is 0 Å².